The molecule has 1 heterocycles. The third-order valence-electron chi connectivity index (χ3n) is 5.59. The number of benzene rings is 2. The molecule has 1 fully saturated rings. The molecule has 2 aromatic rings. The Morgan fingerprint density at radius 1 is 0.968 bits per heavy atom. The Labute approximate surface area is 183 Å². The van der Waals surface area contributed by atoms with E-state index in [0.717, 1.165) is 44.0 Å². The summed E-state index contributed by atoms with van der Waals surface area (Å²) in [5, 5.41) is 2.93. The van der Waals surface area contributed by atoms with Gasteiger partial charge < -0.3 is 14.8 Å². The van der Waals surface area contributed by atoms with Crippen LogP contribution in [0.3, 0.4) is 0 Å². The molecule has 7 nitrogen and oxygen atoms in total. The van der Waals surface area contributed by atoms with Gasteiger partial charge in [-0.15, -0.1) is 0 Å². The minimum atomic E-state index is -0.420. The van der Waals surface area contributed by atoms with Gasteiger partial charge in [0.15, 0.2) is 0 Å². The molecule has 0 spiro atoms. The summed E-state index contributed by atoms with van der Waals surface area (Å²) in [6.45, 7) is 8.57. The van der Waals surface area contributed by atoms with E-state index in [0.29, 0.717) is 17.8 Å². The molecule has 0 aromatic heterocycles. The number of amides is 1. The Balaban J connectivity index is 1.52. The predicted molar refractivity (Wildman–Crippen MR) is 121 cm³/mol. The largest absolute Gasteiger partial charge is 0.496 e. The first-order valence-corrected chi connectivity index (χ1v) is 10.5. The van der Waals surface area contributed by atoms with E-state index < -0.39 is 5.97 Å². The summed E-state index contributed by atoms with van der Waals surface area (Å²) in [4.78, 5) is 28.9. The Morgan fingerprint density at radius 2 is 1.68 bits per heavy atom. The summed E-state index contributed by atoms with van der Waals surface area (Å²) in [5.74, 6) is 0.410. The summed E-state index contributed by atoms with van der Waals surface area (Å²) in [6, 6.07) is 11.4. The third kappa shape index (κ3) is 6.06. The highest BCUT2D eigenvalue weighted by atomic mass is 16.5. The Bertz CT molecular complexity index is 936. The van der Waals surface area contributed by atoms with Crippen LogP contribution in [0.2, 0.25) is 0 Å². The number of hydrogen-bond acceptors (Lipinski definition) is 6. The zero-order valence-corrected chi connectivity index (χ0v) is 18.7. The standard InChI is InChI=1S/C24H31N3O4/c1-17-5-8-22(30-3)20(13-17)15-26-9-11-27(12-10-26)16-23(28)25-21-14-19(24(29)31-4)7-6-18(21)2/h5-8,13-14H,9-12,15-16H2,1-4H3,(H,25,28). The van der Waals surface area contributed by atoms with Crippen LogP contribution in [-0.4, -0.2) is 68.6 Å². The predicted octanol–water partition coefficient (Wildman–Crippen LogP) is 2.85. The van der Waals surface area contributed by atoms with Gasteiger partial charge in [0.25, 0.3) is 0 Å². The topological polar surface area (TPSA) is 71.1 Å². The van der Waals surface area contributed by atoms with Crippen LogP contribution in [0, 0.1) is 13.8 Å². The molecule has 7 heteroatoms. The molecule has 1 N–H and O–H groups in total. The van der Waals surface area contributed by atoms with Crippen LogP contribution in [-0.2, 0) is 16.1 Å². The van der Waals surface area contributed by atoms with Crippen molar-refractivity contribution in [3.05, 3.63) is 58.7 Å². The van der Waals surface area contributed by atoms with Crippen molar-refractivity contribution in [2.24, 2.45) is 0 Å². The second kappa shape index (κ2) is 10.4. The molecule has 166 valence electrons. The lowest BCUT2D eigenvalue weighted by atomic mass is 10.1. The number of nitrogens with zero attached hydrogens (tertiary/aromatic N) is 2. The van der Waals surface area contributed by atoms with Crippen molar-refractivity contribution >= 4 is 17.6 Å². The van der Waals surface area contributed by atoms with E-state index in [1.807, 2.05) is 13.0 Å². The quantitative estimate of drug-likeness (QED) is 0.688. The first-order valence-electron chi connectivity index (χ1n) is 10.5. The van der Waals surface area contributed by atoms with Gasteiger partial charge in [0.1, 0.15) is 5.75 Å². The van der Waals surface area contributed by atoms with Crippen LogP contribution < -0.4 is 10.1 Å². The highest BCUT2D eigenvalue weighted by Crippen LogP contribution is 2.22. The van der Waals surface area contributed by atoms with Gasteiger partial charge >= 0.3 is 5.97 Å². The maximum Gasteiger partial charge on any atom is 0.337 e. The van der Waals surface area contributed by atoms with Gasteiger partial charge in [-0.25, -0.2) is 4.79 Å². The average molecular weight is 426 g/mol. The van der Waals surface area contributed by atoms with Crippen molar-refractivity contribution < 1.29 is 19.1 Å². The van der Waals surface area contributed by atoms with E-state index in [9.17, 15) is 9.59 Å². The van der Waals surface area contributed by atoms with Crippen LogP contribution in [0.4, 0.5) is 5.69 Å². The van der Waals surface area contributed by atoms with Gasteiger partial charge in [-0.05, 0) is 37.6 Å². The molecule has 1 amide bonds. The van der Waals surface area contributed by atoms with Gasteiger partial charge in [-0.1, -0.05) is 23.8 Å². The lowest BCUT2D eigenvalue weighted by Crippen LogP contribution is -2.48. The molecule has 0 saturated carbocycles. The van der Waals surface area contributed by atoms with E-state index in [1.54, 1.807) is 25.3 Å². The SMILES string of the molecule is COC(=O)c1ccc(C)c(NC(=O)CN2CCN(Cc3cc(C)ccc3OC)CC2)c1. The van der Waals surface area contributed by atoms with E-state index in [1.165, 1.54) is 18.2 Å². The monoisotopic (exact) mass is 425 g/mol. The van der Waals surface area contributed by atoms with E-state index in [2.05, 4.69) is 34.2 Å². The normalized spacial score (nSPS) is 14.8. The molecule has 2 aromatic carbocycles. The fourth-order valence-electron chi connectivity index (χ4n) is 3.77. The van der Waals surface area contributed by atoms with Crippen molar-refractivity contribution in [2.45, 2.75) is 20.4 Å². The van der Waals surface area contributed by atoms with Gasteiger partial charge in [-0.3, -0.25) is 14.6 Å². The molecule has 1 saturated heterocycles. The first kappa shape index (κ1) is 22.8. The van der Waals surface area contributed by atoms with Crippen LogP contribution in [0.5, 0.6) is 5.75 Å². The minimum absolute atomic E-state index is 0.0843. The van der Waals surface area contributed by atoms with Crippen molar-refractivity contribution in [3.8, 4) is 5.75 Å². The second-order valence-electron chi connectivity index (χ2n) is 7.94. The van der Waals surface area contributed by atoms with Crippen molar-refractivity contribution in [1.29, 1.82) is 0 Å². The molecule has 31 heavy (non-hydrogen) atoms. The van der Waals surface area contributed by atoms with Gasteiger partial charge in [0.05, 0.1) is 26.3 Å². The molecule has 0 radical (unpaired) electrons. The number of ether oxygens (including phenoxy) is 2. The second-order valence-corrected chi connectivity index (χ2v) is 7.94. The summed E-state index contributed by atoms with van der Waals surface area (Å²) in [5.41, 5.74) is 4.37. The summed E-state index contributed by atoms with van der Waals surface area (Å²) >= 11 is 0. The maximum atomic E-state index is 12.6. The first-order chi connectivity index (χ1) is 14.9. The number of hydrogen-bond donors (Lipinski definition) is 1. The highest BCUT2D eigenvalue weighted by Gasteiger charge is 2.20. The average Bonchev–Trinajstić information content (AvgIpc) is 2.76. The van der Waals surface area contributed by atoms with Crippen molar-refractivity contribution in [1.82, 2.24) is 9.80 Å². The molecule has 0 unspecified atom stereocenters. The van der Waals surface area contributed by atoms with Crippen LogP contribution in [0.1, 0.15) is 27.0 Å². The molecule has 3 rings (SSSR count). The molecule has 0 bridgehead atoms. The number of carbonyl (C=O) groups is 2. The van der Waals surface area contributed by atoms with Crippen LogP contribution in [0.25, 0.3) is 0 Å². The number of carbonyl (C=O) groups excluding carboxylic acids is 2. The van der Waals surface area contributed by atoms with Gasteiger partial charge in [0, 0.05) is 44.0 Å². The smallest absolute Gasteiger partial charge is 0.337 e. The fraction of sp³-hybridized carbons (Fsp3) is 0.417. The number of piperazine rings is 1. The van der Waals surface area contributed by atoms with E-state index in [-0.39, 0.29) is 5.91 Å². The fourth-order valence-corrected chi connectivity index (χ4v) is 3.77. The molecule has 1 aliphatic rings. The lowest BCUT2D eigenvalue weighted by Gasteiger charge is -2.34. The van der Waals surface area contributed by atoms with Crippen LogP contribution in [0.15, 0.2) is 36.4 Å². The highest BCUT2D eigenvalue weighted by molar-refractivity contribution is 5.96. The Kier molecular flexibility index (Phi) is 7.65. The minimum Gasteiger partial charge on any atom is -0.496 e. The summed E-state index contributed by atoms with van der Waals surface area (Å²) < 4.78 is 10.3. The number of methoxy groups -OCH3 is 2. The van der Waals surface area contributed by atoms with Gasteiger partial charge in [-0.2, -0.15) is 0 Å². The maximum absolute atomic E-state index is 12.6. The number of esters is 1. The zero-order chi connectivity index (χ0) is 22.4. The molecule has 0 aliphatic carbocycles. The Morgan fingerprint density at radius 3 is 2.35 bits per heavy atom. The summed E-state index contributed by atoms with van der Waals surface area (Å²) in [6.07, 6.45) is 0. The van der Waals surface area contributed by atoms with Crippen molar-refractivity contribution in [2.75, 3.05) is 52.3 Å². The van der Waals surface area contributed by atoms with Crippen LogP contribution >= 0.6 is 0 Å². The van der Waals surface area contributed by atoms with E-state index in [4.69, 9.17) is 9.47 Å². The number of aryl methyl sites for hydroxylation is 2. The Hall–Kier alpha value is -2.90. The third-order valence-corrected chi connectivity index (χ3v) is 5.59. The van der Waals surface area contributed by atoms with Crippen molar-refractivity contribution in [3.63, 3.8) is 0 Å². The van der Waals surface area contributed by atoms with Gasteiger partial charge in [0.2, 0.25) is 5.91 Å². The number of rotatable bonds is 7. The number of nitrogens with one attached hydrogen (secondary N) is 1. The van der Waals surface area contributed by atoms with E-state index >= 15 is 0 Å². The summed E-state index contributed by atoms with van der Waals surface area (Å²) in [7, 11) is 3.04. The number of anilines is 1. The molecule has 1 aliphatic heterocycles. The lowest BCUT2D eigenvalue weighted by molar-refractivity contribution is -0.117. The molecular formula is C24H31N3O4. The molecular weight excluding hydrogens is 394 g/mol. The zero-order valence-electron chi connectivity index (χ0n) is 18.7. The molecule has 0 atom stereocenters.